The van der Waals surface area contributed by atoms with Crippen LogP contribution in [0.4, 0.5) is 0 Å². The first kappa shape index (κ1) is 20.2. The molecule has 4 nitrogen and oxygen atoms in total. The number of hydrogen-bond donors (Lipinski definition) is 0. The second kappa shape index (κ2) is 9.56. The average Bonchev–Trinajstić information content (AvgIpc) is 2.72. The van der Waals surface area contributed by atoms with Gasteiger partial charge in [0.2, 0.25) is 0 Å². The maximum absolute atomic E-state index is 12.4. The Morgan fingerprint density at radius 3 is 1.68 bits per heavy atom. The Balaban J connectivity index is 1.67. The van der Waals surface area contributed by atoms with E-state index in [-0.39, 0.29) is 24.7 Å². The lowest BCUT2D eigenvalue weighted by molar-refractivity contribution is 0.0994. The fourth-order valence-electron chi connectivity index (χ4n) is 3.11. The van der Waals surface area contributed by atoms with Gasteiger partial charge in [-0.05, 0) is 56.9 Å². The predicted octanol–water partition coefficient (Wildman–Crippen LogP) is 5.17. The summed E-state index contributed by atoms with van der Waals surface area (Å²) in [5, 5.41) is 0.600. The first-order valence-corrected chi connectivity index (χ1v) is 9.86. The van der Waals surface area contributed by atoms with Gasteiger partial charge in [0, 0.05) is 16.1 Å². The molecule has 3 rings (SSSR count). The standard InChI is InChI=1S/C23H23ClN2O2/c1-16-6-8-17(9-7-16)22(27)14-25-20-4-2-3-5-21(20)26-15-23(28)18-10-12-19(24)13-11-18/h6-13H,2-5,14-15H2,1H3. The maximum Gasteiger partial charge on any atom is 0.184 e. The van der Waals surface area contributed by atoms with Crippen molar-refractivity contribution < 1.29 is 9.59 Å². The van der Waals surface area contributed by atoms with Crippen molar-refractivity contribution in [2.75, 3.05) is 13.1 Å². The molecule has 0 N–H and O–H groups in total. The Morgan fingerprint density at radius 2 is 1.21 bits per heavy atom. The van der Waals surface area contributed by atoms with E-state index in [4.69, 9.17) is 11.6 Å². The highest BCUT2D eigenvalue weighted by molar-refractivity contribution is 6.43. The predicted molar refractivity (Wildman–Crippen MR) is 114 cm³/mol. The normalized spacial score (nSPS) is 17.1. The summed E-state index contributed by atoms with van der Waals surface area (Å²) in [6.45, 7) is 2.19. The van der Waals surface area contributed by atoms with Crippen LogP contribution in [-0.4, -0.2) is 36.1 Å². The highest BCUT2D eigenvalue weighted by Crippen LogP contribution is 2.15. The molecule has 1 aliphatic rings. The first-order valence-electron chi connectivity index (χ1n) is 9.48. The lowest BCUT2D eigenvalue weighted by atomic mass is 9.96. The first-order chi connectivity index (χ1) is 13.5. The molecule has 0 aromatic heterocycles. The summed E-state index contributed by atoms with van der Waals surface area (Å²) < 4.78 is 0. The maximum atomic E-state index is 12.4. The number of benzene rings is 2. The van der Waals surface area contributed by atoms with E-state index < -0.39 is 0 Å². The third-order valence-electron chi connectivity index (χ3n) is 4.78. The zero-order valence-electron chi connectivity index (χ0n) is 16.0. The van der Waals surface area contributed by atoms with Crippen molar-refractivity contribution in [3.63, 3.8) is 0 Å². The van der Waals surface area contributed by atoms with Crippen molar-refractivity contribution in [2.24, 2.45) is 9.98 Å². The van der Waals surface area contributed by atoms with Crippen LogP contribution in [-0.2, 0) is 0 Å². The number of Topliss-reactive ketones (excluding diaryl/α,β-unsaturated/α-hetero) is 2. The molecular formula is C23H23ClN2O2. The number of carbonyl (C=O) groups is 2. The Hall–Kier alpha value is -2.59. The molecule has 0 amide bonds. The molecule has 5 heteroatoms. The molecule has 0 spiro atoms. The van der Waals surface area contributed by atoms with Gasteiger partial charge in [-0.2, -0.15) is 0 Å². The second-order valence-electron chi connectivity index (χ2n) is 6.95. The number of nitrogens with zero attached hydrogens (tertiary/aromatic N) is 2. The largest absolute Gasteiger partial charge is 0.292 e. The zero-order valence-corrected chi connectivity index (χ0v) is 16.7. The van der Waals surface area contributed by atoms with Crippen molar-refractivity contribution in [1.82, 2.24) is 0 Å². The summed E-state index contributed by atoms with van der Waals surface area (Å²) in [6.07, 6.45) is 3.65. The summed E-state index contributed by atoms with van der Waals surface area (Å²) >= 11 is 5.86. The van der Waals surface area contributed by atoms with Crippen LogP contribution in [0.25, 0.3) is 0 Å². The van der Waals surface area contributed by atoms with Crippen LogP contribution in [0, 0.1) is 6.92 Å². The van der Waals surface area contributed by atoms with Crippen LogP contribution in [0.2, 0.25) is 5.02 Å². The number of aliphatic imine (C=N–C) groups is 2. The summed E-state index contributed by atoms with van der Waals surface area (Å²) in [6, 6.07) is 14.3. The Labute approximate surface area is 170 Å². The summed E-state index contributed by atoms with van der Waals surface area (Å²) in [5.74, 6) is -0.0560. The quantitative estimate of drug-likeness (QED) is 0.634. The van der Waals surface area contributed by atoms with Gasteiger partial charge in [-0.15, -0.1) is 0 Å². The Kier molecular flexibility index (Phi) is 6.88. The van der Waals surface area contributed by atoms with Crippen LogP contribution >= 0.6 is 11.6 Å². The minimum atomic E-state index is -0.0511. The van der Waals surface area contributed by atoms with E-state index >= 15 is 0 Å². The van der Waals surface area contributed by atoms with Crippen molar-refractivity contribution in [2.45, 2.75) is 32.6 Å². The third kappa shape index (κ3) is 5.46. The molecule has 1 fully saturated rings. The zero-order chi connectivity index (χ0) is 19.9. The number of halogens is 1. The molecule has 0 atom stereocenters. The molecule has 2 aromatic rings. The molecule has 0 aliphatic heterocycles. The van der Waals surface area contributed by atoms with Gasteiger partial charge in [0.1, 0.15) is 13.1 Å². The smallest absolute Gasteiger partial charge is 0.184 e. The topological polar surface area (TPSA) is 58.9 Å². The van der Waals surface area contributed by atoms with Crippen LogP contribution in [0.15, 0.2) is 58.5 Å². The molecular weight excluding hydrogens is 372 g/mol. The molecule has 0 saturated heterocycles. The third-order valence-corrected chi connectivity index (χ3v) is 5.03. The fourth-order valence-corrected chi connectivity index (χ4v) is 3.23. The summed E-state index contributed by atoms with van der Waals surface area (Å²) in [5.41, 5.74) is 4.09. The van der Waals surface area contributed by atoms with E-state index in [0.717, 1.165) is 42.7 Å². The number of rotatable bonds is 6. The van der Waals surface area contributed by atoms with E-state index in [2.05, 4.69) is 9.98 Å². The average molecular weight is 395 g/mol. The number of carbonyl (C=O) groups excluding carboxylic acids is 2. The van der Waals surface area contributed by atoms with E-state index in [9.17, 15) is 9.59 Å². The van der Waals surface area contributed by atoms with Gasteiger partial charge in [0.05, 0.1) is 11.4 Å². The highest BCUT2D eigenvalue weighted by Gasteiger charge is 2.16. The lowest BCUT2D eigenvalue weighted by Gasteiger charge is -2.16. The van der Waals surface area contributed by atoms with Crippen molar-refractivity contribution in [3.8, 4) is 0 Å². The number of aryl methyl sites for hydroxylation is 1. The summed E-state index contributed by atoms with van der Waals surface area (Å²) in [7, 11) is 0. The molecule has 0 bridgehead atoms. The number of ketones is 2. The minimum Gasteiger partial charge on any atom is -0.292 e. The van der Waals surface area contributed by atoms with E-state index in [1.165, 1.54) is 0 Å². The SMILES string of the molecule is Cc1ccc(C(=O)CN=C2CCCCC2=NCC(=O)c2ccc(Cl)cc2)cc1. The van der Waals surface area contributed by atoms with E-state index in [1.807, 2.05) is 31.2 Å². The number of hydrogen-bond acceptors (Lipinski definition) is 4. The van der Waals surface area contributed by atoms with E-state index in [1.54, 1.807) is 24.3 Å². The molecule has 0 radical (unpaired) electrons. The second-order valence-corrected chi connectivity index (χ2v) is 7.39. The highest BCUT2D eigenvalue weighted by atomic mass is 35.5. The van der Waals surface area contributed by atoms with Crippen LogP contribution < -0.4 is 0 Å². The summed E-state index contributed by atoms with van der Waals surface area (Å²) in [4.78, 5) is 33.8. The molecule has 28 heavy (non-hydrogen) atoms. The van der Waals surface area contributed by atoms with Gasteiger partial charge < -0.3 is 0 Å². The molecule has 0 heterocycles. The van der Waals surface area contributed by atoms with Crippen LogP contribution in [0.5, 0.6) is 0 Å². The van der Waals surface area contributed by atoms with Gasteiger partial charge in [0.15, 0.2) is 11.6 Å². The molecule has 1 saturated carbocycles. The fraction of sp³-hybridized carbons (Fsp3) is 0.304. The minimum absolute atomic E-state index is 0.00494. The van der Waals surface area contributed by atoms with Crippen molar-refractivity contribution >= 4 is 34.6 Å². The molecule has 0 unspecified atom stereocenters. The van der Waals surface area contributed by atoms with Gasteiger partial charge in [0.25, 0.3) is 0 Å². The van der Waals surface area contributed by atoms with Gasteiger partial charge >= 0.3 is 0 Å². The van der Waals surface area contributed by atoms with Crippen LogP contribution in [0.3, 0.4) is 0 Å². The van der Waals surface area contributed by atoms with Gasteiger partial charge in [-0.25, -0.2) is 0 Å². The molecule has 144 valence electrons. The van der Waals surface area contributed by atoms with Gasteiger partial charge in [-0.1, -0.05) is 41.4 Å². The lowest BCUT2D eigenvalue weighted by Crippen LogP contribution is -2.22. The monoisotopic (exact) mass is 394 g/mol. The van der Waals surface area contributed by atoms with Gasteiger partial charge in [-0.3, -0.25) is 19.6 Å². The molecule has 1 aliphatic carbocycles. The van der Waals surface area contributed by atoms with E-state index in [0.29, 0.717) is 16.1 Å². The van der Waals surface area contributed by atoms with Crippen molar-refractivity contribution in [1.29, 1.82) is 0 Å². The molecule has 2 aromatic carbocycles. The van der Waals surface area contributed by atoms with Crippen LogP contribution in [0.1, 0.15) is 52.0 Å². The Bertz CT molecular complexity index is 835. The Morgan fingerprint density at radius 1 is 0.786 bits per heavy atom. The van der Waals surface area contributed by atoms with Crippen molar-refractivity contribution in [3.05, 3.63) is 70.2 Å².